The average molecular weight is 886 g/mol. The van der Waals surface area contributed by atoms with Crippen molar-refractivity contribution in [1.29, 1.82) is 0 Å². The van der Waals surface area contributed by atoms with Crippen molar-refractivity contribution in [1.82, 2.24) is 0 Å². The van der Waals surface area contributed by atoms with Gasteiger partial charge in [-0.05, 0) is 81.8 Å². The Balaban J connectivity index is -0.0000000570. The summed E-state index contributed by atoms with van der Waals surface area (Å²) < 4.78 is 0. The second-order valence-electron chi connectivity index (χ2n) is 22.5. The summed E-state index contributed by atoms with van der Waals surface area (Å²) in [4.78, 5) is 0. The Bertz CT molecular complexity index is 838. The lowest BCUT2D eigenvalue weighted by atomic mass is 9.81. The molecular formula is C62H140. The Morgan fingerprint density at radius 1 is 0.355 bits per heavy atom. The fourth-order valence-corrected chi connectivity index (χ4v) is 4.55. The zero-order valence-electron chi connectivity index (χ0n) is 44.5. The Morgan fingerprint density at radius 2 is 0.645 bits per heavy atom. The van der Waals surface area contributed by atoms with Crippen LogP contribution in [0, 0.1) is 75.4 Å². The highest BCUT2D eigenvalue weighted by Crippen LogP contribution is 2.28. The molecule has 0 saturated heterocycles. The van der Waals surface area contributed by atoms with Gasteiger partial charge in [0.1, 0.15) is 0 Å². The van der Waals surface area contributed by atoms with Crippen LogP contribution < -0.4 is 0 Å². The molecule has 0 saturated carbocycles. The molecule has 0 fully saturated rings. The van der Waals surface area contributed by atoms with E-state index < -0.39 is 0 Å². The van der Waals surface area contributed by atoms with Gasteiger partial charge >= 0.3 is 0 Å². The van der Waals surface area contributed by atoms with E-state index in [0.29, 0.717) is 28.1 Å². The van der Waals surface area contributed by atoms with Crippen molar-refractivity contribution < 1.29 is 0 Å². The summed E-state index contributed by atoms with van der Waals surface area (Å²) in [6, 6.07) is 0. The zero-order valence-corrected chi connectivity index (χ0v) is 44.5. The number of rotatable bonds is 19. The van der Waals surface area contributed by atoms with Crippen molar-refractivity contribution in [2.75, 3.05) is 0 Å². The van der Waals surface area contributed by atoms with E-state index in [1.165, 1.54) is 70.6 Å². The number of hydrogen-bond acceptors (Lipinski definition) is 0. The van der Waals surface area contributed by atoms with Crippen LogP contribution in [0.15, 0.2) is 36.5 Å². The standard InChI is InChI=1S/2C12H24.C11H24.C11H22.C10H22.6CH4/c2*1-7-10(2)8-9-11(3)12(4,5)6;1-6-10(2)8-7-9-11(3,4)5;1-6-10(4)7-8-11(5)9(2)3;1-5-10(4)8-6-7-9(2)3;;;;;;/h2*8-11H,7H2,1-6H3;10H,6-9H2,1-5H3;7-11H,6H2,1-5H3;9-10H,5-8H2,1-4H3;6*1H4/b2*9-8+;;8-7+;;;;;;;/t2*10?,11-;;10?,11-;;;;;;;/m10.0......./s1. The highest BCUT2D eigenvalue weighted by atomic mass is 14.2. The summed E-state index contributed by atoms with van der Waals surface area (Å²) in [5.74, 6) is 7.82. The Labute approximate surface area is 405 Å². The smallest absolute Gasteiger partial charge is 0.0213 e. The fourth-order valence-electron chi connectivity index (χ4n) is 4.55. The van der Waals surface area contributed by atoms with E-state index in [0.717, 1.165) is 47.3 Å². The third kappa shape index (κ3) is 70.9. The van der Waals surface area contributed by atoms with E-state index in [9.17, 15) is 0 Å². The number of hydrogen-bond donors (Lipinski definition) is 0. The zero-order chi connectivity index (χ0) is 45.3. The summed E-state index contributed by atoms with van der Waals surface area (Å²) in [6.45, 7) is 59.5. The molecule has 0 rings (SSSR count). The normalized spacial score (nSPS) is 15.1. The largest absolute Gasteiger partial charge is 0.0854 e. The fraction of sp³-hybridized carbons (Fsp3) is 0.903. The van der Waals surface area contributed by atoms with E-state index in [1.54, 1.807) is 0 Å². The van der Waals surface area contributed by atoms with Gasteiger partial charge in [-0.25, -0.2) is 0 Å². The van der Waals surface area contributed by atoms with Crippen LogP contribution in [0.3, 0.4) is 0 Å². The third-order valence-corrected chi connectivity index (χ3v) is 12.4. The van der Waals surface area contributed by atoms with Gasteiger partial charge in [0.15, 0.2) is 0 Å². The topological polar surface area (TPSA) is 0 Å². The monoisotopic (exact) mass is 885 g/mol. The molecule has 0 aliphatic heterocycles. The highest BCUT2D eigenvalue weighted by molar-refractivity contribution is 4.95. The molecule has 0 aromatic carbocycles. The van der Waals surface area contributed by atoms with Gasteiger partial charge < -0.3 is 0 Å². The van der Waals surface area contributed by atoms with Crippen molar-refractivity contribution >= 4 is 0 Å². The minimum Gasteiger partial charge on any atom is -0.0854 e. The molecule has 0 heteroatoms. The van der Waals surface area contributed by atoms with Crippen molar-refractivity contribution in [3.8, 4) is 0 Å². The van der Waals surface area contributed by atoms with Gasteiger partial charge in [0.25, 0.3) is 0 Å². The Morgan fingerprint density at radius 3 is 0.871 bits per heavy atom. The minimum absolute atomic E-state index is 0. The van der Waals surface area contributed by atoms with Gasteiger partial charge in [0.2, 0.25) is 0 Å². The van der Waals surface area contributed by atoms with Crippen LogP contribution in [0.4, 0.5) is 0 Å². The van der Waals surface area contributed by atoms with Crippen LogP contribution in [-0.4, -0.2) is 0 Å². The molecule has 0 aliphatic carbocycles. The van der Waals surface area contributed by atoms with Gasteiger partial charge in [-0.15, -0.1) is 0 Å². The SMILES string of the molecule is C.C.C.C.C.C.CCC(C)/C=C/[C@@H](C)C(C)(C)C.CCC(C)/C=C/[C@H](C)C(C)(C)C.CCC(C)/C=C/[C@H](C)C(C)C.CCC(C)CCCC(C)(C)C.CCC(C)CCCC(C)C. The molecule has 62 heavy (non-hydrogen) atoms. The van der Waals surface area contributed by atoms with Gasteiger partial charge in [0.05, 0.1) is 0 Å². The molecule has 0 amide bonds. The molecule has 0 aromatic rings. The van der Waals surface area contributed by atoms with Crippen LogP contribution in [0.25, 0.3) is 0 Å². The van der Waals surface area contributed by atoms with Gasteiger partial charge in [-0.1, -0.05) is 325 Å². The van der Waals surface area contributed by atoms with Crippen LogP contribution in [-0.2, 0) is 0 Å². The Hall–Kier alpha value is -0.780. The first-order chi connectivity index (χ1) is 25.4. The maximum atomic E-state index is 2.36. The summed E-state index contributed by atoms with van der Waals surface area (Å²) in [5.41, 5.74) is 1.35. The molecule has 0 N–H and O–H groups in total. The lowest BCUT2D eigenvalue weighted by molar-refractivity contribution is 0.313. The molecule has 0 aliphatic rings. The van der Waals surface area contributed by atoms with Crippen LogP contribution in [0.2, 0.25) is 0 Å². The first-order valence-electron chi connectivity index (χ1n) is 24.5. The summed E-state index contributed by atoms with van der Waals surface area (Å²) >= 11 is 0. The van der Waals surface area contributed by atoms with Crippen molar-refractivity contribution in [2.24, 2.45) is 75.4 Å². The van der Waals surface area contributed by atoms with E-state index >= 15 is 0 Å². The molecule has 5 unspecified atom stereocenters. The molecule has 0 nitrogen and oxygen atoms in total. The molecular weight excluding hydrogens is 745 g/mol. The predicted octanol–water partition coefficient (Wildman–Crippen LogP) is 24.3. The van der Waals surface area contributed by atoms with E-state index in [2.05, 4.69) is 216 Å². The molecule has 8 atom stereocenters. The highest BCUT2D eigenvalue weighted by Gasteiger charge is 2.17. The Kier molecular flexibility index (Phi) is 72.7. The first-order valence-corrected chi connectivity index (χ1v) is 24.5. The van der Waals surface area contributed by atoms with Crippen LogP contribution in [0.5, 0.6) is 0 Å². The quantitative estimate of drug-likeness (QED) is 0.113. The summed E-state index contributed by atoms with van der Waals surface area (Å²) in [6.07, 6.45) is 28.9. The number of allylic oxidation sites excluding steroid dienone is 6. The van der Waals surface area contributed by atoms with Gasteiger partial charge in [-0.3, -0.25) is 0 Å². The summed E-state index contributed by atoms with van der Waals surface area (Å²) in [7, 11) is 0. The van der Waals surface area contributed by atoms with Crippen LogP contribution in [0.1, 0.15) is 295 Å². The molecule has 0 spiro atoms. The summed E-state index contributed by atoms with van der Waals surface area (Å²) in [5, 5.41) is 0. The van der Waals surface area contributed by atoms with E-state index in [1.807, 2.05) is 0 Å². The minimum atomic E-state index is 0. The van der Waals surface area contributed by atoms with Crippen LogP contribution >= 0.6 is 0 Å². The van der Waals surface area contributed by atoms with E-state index in [4.69, 9.17) is 0 Å². The molecule has 0 bridgehead atoms. The van der Waals surface area contributed by atoms with Gasteiger partial charge in [0, 0.05) is 0 Å². The lowest BCUT2D eigenvalue weighted by Crippen LogP contribution is -2.14. The van der Waals surface area contributed by atoms with Gasteiger partial charge in [-0.2, -0.15) is 0 Å². The molecule has 0 heterocycles. The average Bonchev–Trinajstić information content (AvgIpc) is 3.10. The van der Waals surface area contributed by atoms with Crippen molar-refractivity contribution in [2.45, 2.75) is 295 Å². The third-order valence-electron chi connectivity index (χ3n) is 12.4. The second kappa shape index (κ2) is 51.2. The maximum absolute atomic E-state index is 2.36. The van der Waals surface area contributed by atoms with Crippen molar-refractivity contribution in [3.63, 3.8) is 0 Å². The molecule has 388 valence electrons. The lowest BCUT2D eigenvalue weighted by Gasteiger charge is -2.24. The molecule has 0 radical (unpaired) electrons. The second-order valence-corrected chi connectivity index (χ2v) is 22.5. The van der Waals surface area contributed by atoms with E-state index in [-0.39, 0.29) is 44.6 Å². The van der Waals surface area contributed by atoms with Crippen molar-refractivity contribution in [3.05, 3.63) is 36.5 Å². The maximum Gasteiger partial charge on any atom is -0.0213 e. The molecule has 0 aromatic heterocycles. The first kappa shape index (κ1) is 88.0. The predicted molar refractivity (Wildman–Crippen MR) is 308 cm³/mol.